The summed E-state index contributed by atoms with van der Waals surface area (Å²) in [5.41, 5.74) is 2.52. The van der Waals surface area contributed by atoms with E-state index in [2.05, 4.69) is 31.8 Å². The summed E-state index contributed by atoms with van der Waals surface area (Å²) in [5.74, 6) is 1.16. The van der Waals surface area contributed by atoms with E-state index >= 15 is 0 Å². The Morgan fingerprint density at radius 3 is 2.76 bits per heavy atom. The van der Waals surface area contributed by atoms with E-state index in [4.69, 9.17) is 4.74 Å². The van der Waals surface area contributed by atoms with E-state index in [1.807, 2.05) is 12.1 Å². The number of hydrogen-bond acceptors (Lipinski definition) is 4. The largest absolute Gasteiger partial charge is 0.492 e. The minimum atomic E-state index is -0.509. The first-order valence-electron chi connectivity index (χ1n) is 6.87. The molecule has 0 spiro atoms. The molecule has 0 saturated heterocycles. The lowest BCUT2D eigenvalue weighted by atomic mass is 9.98. The van der Waals surface area contributed by atoms with Gasteiger partial charge in [0.05, 0.1) is 6.54 Å². The van der Waals surface area contributed by atoms with Crippen molar-refractivity contribution in [2.24, 2.45) is 0 Å². The molecule has 21 heavy (non-hydrogen) atoms. The molecule has 0 unspecified atom stereocenters. The molecular formula is C15H19N3O3. The Morgan fingerprint density at radius 1 is 1.43 bits per heavy atom. The van der Waals surface area contributed by atoms with Crippen molar-refractivity contribution >= 4 is 5.82 Å². The van der Waals surface area contributed by atoms with Crippen LogP contribution in [-0.4, -0.2) is 21.1 Å². The Kier molecular flexibility index (Phi) is 4.57. The first-order chi connectivity index (χ1) is 9.97. The second-order valence-electron chi connectivity index (χ2n) is 5.25. The van der Waals surface area contributed by atoms with Gasteiger partial charge in [0.25, 0.3) is 0 Å². The number of rotatable bonds is 6. The highest BCUT2D eigenvalue weighted by Crippen LogP contribution is 2.23. The highest BCUT2D eigenvalue weighted by atomic mass is 16.6. The van der Waals surface area contributed by atoms with Crippen LogP contribution in [0.1, 0.15) is 30.9 Å². The molecule has 0 fully saturated rings. The number of imidazole rings is 1. The lowest BCUT2D eigenvalue weighted by Gasteiger charge is -2.12. The van der Waals surface area contributed by atoms with Crippen LogP contribution in [0.5, 0.6) is 5.75 Å². The van der Waals surface area contributed by atoms with Crippen molar-refractivity contribution in [1.82, 2.24) is 9.55 Å². The summed E-state index contributed by atoms with van der Waals surface area (Å²) in [6.07, 6.45) is 2.84. The van der Waals surface area contributed by atoms with Crippen LogP contribution in [0.2, 0.25) is 0 Å². The van der Waals surface area contributed by atoms with E-state index in [0.717, 1.165) is 5.75 Å². The fourth-order valence-electron chi connectivity index (χ4n) is 2.22. The molecule has 2 rings (SSSR count). The van der Waals surface area contributed by atoms with Crippen LogP contribution >= 0.6 is 0 Å². The molecule has 6 nitrogen and oxygen atoms in total. The average Bonchev–Trinajstić information content (AvgIpc) is 2.87. The zero-order valence-electron chi connectivity index (χ0n) is 12.4. The molecule has 1 aromatic heterocycles. The first-order valence-corrected chi connectivity index (χ1v) is 6.87. The summed E-state index contributed by atoms with van der Waals surface area (Å²) in [7, 11) is 0. The summed E-state index contributed by atoms with van der Waals surface area (Å²) in [5, 5.41) is 10.5. The van der Waals surface area contributed by atoms with E-state index < -0.39 is 4.92 Å². The zero-order valence-corrected chi connectivity index (χ0v) is 12.4. The Labute approximate surface area is 123 Å². The summed E-state index contributed by atoms with van der Waals surface area (Å²) in [6.45, 7) is 7.35. The number of benzene rings is 1. The molecule has 2 aromatic rings. The molecule has 0 amide bonds. The van der Waals surface area contributed by atoms with Crippen molar-refractivity contribution in [3.05, 3.63) is 52.0 Å². The van der Waals surface area contributed by atoms with Gasteiger partial charge in [0, 0.05) is 0 Å². The Morgan fingerprint density at radius 2 is 2.19 bits per heavy atom. The van der Waals surface area contributed by atoms with Gasteiger partial charge in [-0.05, 0) is 46.0 Å². The summed E-state index contributed by atoms with van der Waals surface area (Å²) in [4.78, 5) is 13.7. The predicted octanol–water partition coefficient (Wildman–Crippen LogP) is 3.30. The van der Waals surface area contributed by atoms with Gasteiger partial charge in [0.15, 0.2) is 0 Å². The van der Waals surface area contributed by atoms with Crippen LogP contribution in [-0.2, 0) is 6.54 Å². The van der Waals surface area contributed by atoms with Crippen molar-refractivity contribution in [2.45, 2.75) is 33.2 Å². The van der Waals surface area contributed by atoms with Crippen LogP contribution in [0.15, 0.2) is 30.7 Å². The fourth-order valence-corrected chi connectivity index (χ4v) is 2.22. The fraction of sp³-hybridized carbons (Fsp3) is 0.400. The van der Waals surface area contributed by atoms with E-state index in [-0.39, 0.29) is 5.82 Å². The monoisotopic (exact) mass is 289 g/mol. The number of nitrogens with zero attached hydrogens (tertiary/aromatic N) is 3. The lowest BCUT2D eigenvalue weighted by molar-refractivity contribution is -0.389. The second kappa shape index (κ2) is 6.39. The Bertz CT molecular complexity index is 635. The van der Waals surface area contributed by atoms with Gasteiger partial charge in [-0.1, -0.05) is 19.9 Å². The Balaban J connectivity index is 1.91. The maximum Gasteiger partial charge on any atom is 0.381 e. The molecule has 0 atom stereocenters. The van der Waals surface area contributed by atoms with Crippen LogP contribution in [0.25, 0.3) is 0 Å². The van der Waals surface area contributed by atoms with Crippen LogP contribution in [0.3, 0.4) is 0 Å². The average molecular weight is 289 g/mol. The standard InChI is InChI=1S/C15H19N3O3/c1-11(2)14-5-4-13(8-12(14)3)21-7-6-17-9-15(16-10-17)18(19)20/h4-5,8-11H,6-7H2,1-3H3. The number of aryl methyl sites for hydroxylation is 1. The smallest absolute Gasteiger partial charge is 0.381 e. The number of hydrogen-bond donors (Lipinski definition) is 0. The molecule has 0 radical (unpaired) electrons. The maximum absolute atomic E-state index is 10.5. The van der Waals surface area contributed by atoms with Gasteiger partial charge in [-0.2, -0.15) is 0 Å². The SMILES string of the molecule is Cc1cc(OCCn2cnc([N+](=O)[O-])c2)ccc1C(C)C. The molecule has 0 N–H and O–H groups in total. The molecule has 0 saturated carbocycles. The van der Waals surface area contributed by atoms with Crippen molar-refractivity contribution in [2.75, 3.05) is 6.61 Å². The molecule has 0 aliphatic rings. The van der Waals surface area contributed by atoms with Gasteiger partial charge in [-0.3, -0.25) is 0 Å². The highest BCUT2D eigenvalue weighted by molar-refractivity contribution is 5.36. The highest BCUT2D eigenvalue weighted by Gasteiger charge is 2.09. The van der Waals surface area contributed by atoms with Crippen molar-refractivity contribution < 1.29 is 9.66 Å². The number of nitro groups is 1. The second-order valence-corrected chi connectivity index (χ2v) is 5.25. The van der Waals surface area contributed by atoms with Crippen molar-refractivity contribution in [3.63, 3.8) is 0 Å². The van der Waals surface area contributed by atoms with E-state index in [9.17, 15) is 10.1 Å². The van der Waals surface area contributed by atoms with Crippen LogP contribution in [0.4, 0.5) is 5.82 Å². The third-order valence-electron chi connectivity index (χ3n) is 3.29. The van der Waals surface area contributed by atoms with Crippen molar-refractivity contribution in [3.8, 4) is 5.75 Å². The van der Waals surface area contributed by atoms with E-state index in [1.165, 1.54) is 23.7 Å². The molecule has 1 aromatic carbocycles. The minimum Gasteiger partial charge on any atom is -0.492 e. The van der Waals surface area contributed by atoms with E-state index in [0.29, 0.717) is 19.1 Å². The molecule has 112 valence electrons. The lowest BCUT2D eigenvalue weighted by Crippen LogP contribution is -2.07. The van der Waals surface area contributed by atoms with Gasteiger partial charge in [-0.15, -0.1) is 0 Å². The number of aromatic nitrogens is 2. The first kappa shape index (κ1) is 15.0. The minimum absolute atomic E-state index is 0.146. The van der Waals surface area contributed by atoms with Gasteiger partial charge in [0.2, 0.25) is 6.33 Å². The molecule has 0 aliphatic heterocycles. The van der Waals surface area contributed by atoms with Crippen molar-refractivity contribution in [1.29, 1.82) is 0 Å². The van der Waals surface area contributed by atoms with Gasteiger partial charge in [-0.25, -0.2) is 0 Å². The summed E-state index contributed by atoms with van der Waals surface area (Å²) >= 11 is 0. The van der Waals surface area contributed by atoms with E-state index in [1.54, 1.807) is 4.57 Å². The predicted molar refractivity (Wildman–Crippen MR) is 79.6 cm³/mol. The molecule has 1 heterocycles. The van der Waals surface area contributed by atoms with Gasteiger partial charge < -0.3 is 19.4 Å². The Hall–Kier alpha value is -2.37. The molecule has 6 heteroatoms. The van der Waals surface area contributed by atoms with Crippen LogP contribution in [0, 0.1) is 17.0 Å². The van der Waals surface area contributed by atoms with Gasteiger partial charge >= 0.3 is 5.82 Å². The molecule has 0 bridgehead atoms. The maximum atomic E-state index is 10.5. The third-order valence-corrected chi connectivity index (χ3v) is 3.29. The summed E-state index contributed by atoms with van der Waals surface area (Å²) < 4.78 is 7.32. The quantitative estimate of drug-likeness (QED) is 0.604. The number of ether oxygens (including phenoxy) is 1. The third kappa shape index (κ3) is 3.81. The normalized spacial score (nSPS) is 10.9. The van der Waals surface area contributed by atoms with Gasteiger partial charge in [0.1, 0.15) is 18.6 Å². The molecule has 0 aliphatic carbocycles. The van der Waals surface area contributed by atoms with Crippen LogP contribution < -0.4 is 4.74 Å². The molecular weight excluding hydrogens is 270 g/mol. The topological polar surface area (TPSA) is 70.2 Å². The summed E-state index contributed by atoms with van der Waals surface area (Å²) in [6, 6.07) is 6.06. The zero-order chi connectivity index (χ0) is 15.4.